The van der Waals surface area contributed by atoms with Crippen LogP contribution >= 0.6 is 11.3 Å². The summed E-state index contributed by atoms with van der Waals surface area (Å²) < 4.78 is 11.0. The maximum absolute atomic E-state index is 12.8. The topological polar surface area (TPSA) is 80.8 Å². The van der Waals surface area contributed by atoms with Crippen LogP contribution in [0.4, 0.5) is 11.4 Å². The fourth-order valence-corrected chi connectivity index (χ4v) is 3.93. The highest BCUT2D eigenvalue weighted by Gasteiger charge is 2.33. The van der Waals surface area contributed by atoms with Crippen molar-refractivity contribution in [3.05, 3.63) is 52.9 Å². The van der Waals surface area contributed by atoms with Gasteiger partial charge in [-0.05, 0) is 44.2 Å². The lowest BCUT2D eigenvalue weighted by Gasteiger charge is -2.33. The van der Waals surface area contributed by atoms with Crippen molar-refractivity contribution in [1.29, 1.82) is 0 Å². The van der Waals surface area contributed by atoms with Crippen LogP contribution in [0.3, 0.4) is 0 Å². The molecule has 2 aromatic carbocycles. The second kappa shape index (κ2) is 8.16. The van der Waals surface area contributed by atoms with Crippen molar-refractivity contribution in [2.75, 3.05) is 23.9 Å². The molecule has 1 aliphatic rings. The molecule has 0 saturated heterocycles. The van der Waals surface area contributed by atoms with Gasteiger partial charge in [0.05, 0.1) is 29.2 Å². The molecule has 1 atom stereocenters. The van der Waals surface area contributed by atoms with Crippen LogP contribution < -0.4 is 19.7 Å². The number of rotatable bonds is 5. The molecule has 2 amide bonds. The number of benzene rings is 2. The lowest BCUT2D eigenvalue weighted by atomic mass is 10.1. The van der Waals surface area contributed by atoms with E-state index in [2.05, 4.69) is 10.3 Å². The second-order valence-electron chi connectivity index (χ2n) is 6.87. The van der Waals surface area contributed by atoms with Crippen molar-refractivity contribution >= 4 is 34.5 Å². The number of nitrogens with zero attached hydrogens (tertiary/aromatic N) is 2. The number of methoxy groups -OCH3 is 1. The van der Waals surface area contributed by atoms with Gasteiger partial charge in [0.15, 0.2) is 6.10 Å². The highest BCUT2D eigenvalue weighted by atomic mass is 32.1. The number of hydrogen-bond donors (Lipinski definition) is 1. The van der Waals surface area contributed by atoms with Crippen molar-refractivity contribution in [1.82, 2.24) is 4.98 Å². The van der Waals surface area contributed by atoms with Crippen molar-refractivity contribution in [2.45, 2.75) is 20.0 Å². The molecule has 1 aliphatic heterocycles. The molecule has 0 saturated carbocycles. The van der Waals surface area contributed by atoms with Gasteiger partial charge in [-0.25, -0.2) is 4.98 Å². The largest absolute Gasteiger partial charge is 0.495 e. The molecular formula is C22H21N3O4S. The van der Waals surface area contributed by atoms with Crippen molar-refractivity contribution in [3.63, 3.8) is 0 Å². The Balaban J connectivity index is 1.62. The molecule has 7 nitrogen and oxygen atoms in total. The minimum atomic E-state index is -0.677. The maximum Gasteiger partial charge on any atom is 0.268 e. The Morgan fingerprint density at radius 1 is 1.30 bits per heavy atom. The SMILES string of the molecule is COc1ccccc1NC(=O)CN1C(=O)C(C)Oc2ccc(-c3csc(C)n3)cc21. The van der Waals surface area contributed by atoms with Crippen LogP contribution in [0.25, 0.3) is 11.3 Å². The first-order valence-corrected chi connectivity index (χ1v) is 10.3. The summed E-state index contributed by atoms with van der Waals surface area (Å²) in [6.07, 6.45) is -0.677. The van der Waals surface area contributed by atoms with E-state index in [1.165, 1.54) is 12.0 Å². The van der Waals surface area contributed by atoms with Gasteiger partial charge in [0.2, 0.25) is 5.91 Å². The van der Waals surface area contributed by atoms with Crippen LogP contribution in [0.2, 0.25) is 0 Å². The highest BCUT2D eigenvalue weighted by molar-refractivity contribution is 7.09. The zero-order chi connectivity index (χ0) is 21.3. The Morgan fingerprint density at radius 3 is 2.83 bits per heavy atom. The molecule has 2 heterocycles. The van der Waals surface area contributed by atoms with Crippen LogP contribution in [0.1, 0.15) is 11.9 Å². The fourth-order valence-electron chi connectivity index (χ4n) is 3.31. The quantitative estimate of drug-likeness (QED) is 0.674. The summed E-state index contributed by atoms with van der Waals surface area (Å²) in [5.41, 5.74) is 2.78. The Labute approximate surface area is 178 Å². The summed E-state index contributed by atoms with van der Waals surface area (Å²) in [5, 5.41) is 5.73. The van der Waals surface area contributed by atoms with E-state index in [0.717, 1.165) is 16.3 Å². The molecule has 4 rings (SSSR count). The van der Waals surface area contributed by atoms with Crippen LogP contribution in [0, 0.1) is 6.92 Å². The fraction of sp³-hybridized carbons (Fsp3) is 0.227. The van der Waals surface area contributed by atoms with E-state index in [-0.39, 0.29) is 18.4 Å². The number of carbonyl (C=O) groups excluding carboxylic acids is 2. The van der Waals surface area contributed by atoms with Gasteiger partial charge in [0.1, 0.15) is 18.0 Å². The number of amides is 2. The van der Waals surface area contributed by atoms with Crippen molar-refractivity contribution < 1.29 is 19.1 Å². The minimum absolute atomic E-state index is 0.142. The summed E-state index contributed by atoms with van der Waals surface area (Å²) in [6.45, 7) is 3.47. The second-order valence-corrected chi connectivity index (χ2v) is 7.93. The predicted octanol–water partition coefficient (Wildman–Crippen LogP) is 3.88. The first-order valence-electron chi connectivity index (χ1n) is 9.43. The van der Waals surface area contributed by atoms with E-state index in [1.807, 2.05) is 36.6 Å². The van der Waals surface area contributed by atoms with Gasteiger partial charge in [-0.15, -0.1) is 11.3 Å². The summed E-state index contributed by atoms with van der Waals surface area (Å²) in [6, 6.07) is 12.7. The van der Waals surface area contributed by atoms with E-state index in [0.29, 0.717) is 22.9 Å². The third-order valence-corrected chi connectivity index (χ3v) is 5.54. The van der Waals surface area contributed by atoms with E-state index < -0.39 is 6.10 Å². The smallest absolute Gasteiger partial charge is 0.268 e. The molecular weight excluding hydrogens is 402 g/mol. The molecule has 8 heteroatoms. The number of fused-ring (bicyclic) bond motifs is 1. The standard InChI is InChI=1S/C22H21N3O4S/c1-13-22(27)25(11-21(26)24-16-6-4-5-7-19(16)28-3)18-10-15(8-9-20(18)29-13)17-12-30-14(2)23-17/h4-10,12-13H,11H2,1-3H3,(H,24,26). The molecule has 30 heavy (non-hydrogen) atoms. The summed E-state index contributed by atoms with van der Waals surface area (Å²) in [4.78, 5) is 31.6. The third-order valence-electron chi connectivity index (χ3n) is 4.76. The zero-order valence-electron chi connectivity index (χ0n) is 16.8. The van der Waals surface area contributed by atoms with E-state index in [1.54, 1.807) is 36.5 Å². The Bertz CT molecular complexity index is 1110. The van der Waals surface area contributed by atoms with Crippen LogP contribution in [-0.4, -0.2) is 36.6 Å². The Morgan fingerprint density at radius 2 is 2.10 bits per heavy atom. The summed E-state index contributed by atoms with van der Waals surface area (Å²) in [7, 11) is 1.54. The van der Waals surface area contributed by atoms with Crippen LogP contribution in [0.15, 0.2) is 47.8 Å². The number of aromatic nitrogens is 1. The predicted molar refractivity (Wildman–Crippen MR) is 116 cm³/mol. The van der Waals surface area contributed by atoms with Crippen LogP contribution in [0.5, 0.6) is 11.5 Å². The molecule has 3 aromatic rings. The number of anilines is 2. The lowest BCUT2D eigenvalue weighted by Crippen LogP contribution is -2.47. The number of ether oxygens (including phenoxy) is 2. The van der Waals surface area contributed by atoms with E-state index >= 15 is 0 Å². The molecule has 0 aliphatic carbocycles. The summed E-state index contributed by atoms with van der Waals surface area (Å²) in [5.74, 6) is 0.504. The Hall–Kier alpha value is -3.39. The monoisotopic (exact) mass is 423 g/mol. The van der Waals surface area contributed by atoms with Crippen molar-refractivity contribution in [3.8, 4) is 22.8 Å². The molecule has 0 spiro atoms. The van der Waals surface area contributed by atoms with E-state index in [9.17, 15) is 9.59 Å². The lowest BCUT2D eigenvalue weighted by molar-refractivity contribution is -0.127. The van der Waals surface area contributed by atoms with Gasteiger partial charge in [0, 0.05) is 10.9 Å². The maximum atomic E-state index is 12.8. The van der Waals surface area contributed by atoms with Crippen molar-refractivity contribution in [2.24, 2.45) is 0 Å². The van der Waals surface area contributed by atoms with Gasteiger partial charge in [-0.3, -0.25) is 14.5 Å². The third kappa shape index (κ3) is 3.86. The van der Waals surface area contributed by atoms with E-state index in [4.69, 9.17) is 9.47 Å². The van der Waals surface area contributed by atoms with Gasteiger partial charge in [-0.1, -0.05) is 12.1 Å². The molecule has 0 radical (unpaired) electrons. The van der Waals surface area contributed by atoms with Gasteiger partial charge >= 0.3 is 0 Å². The molecule has 0 bridgehead atoms. The van der Waals surface area contributed by atoms with Crippen LogP contribution in [-0.2, 0) is 9.59 Å². The highest BCUT2D eigenvalue weighted by Crippen LogP contribution is 2.37. The molecule has 1 N–H and O–H groups in total. The first kappa shape index (κ1) is 19.9. The zero-order valence-corrected chi connectivity index (χ0v) is 17.7. The van der Waals surface area contributed by atoms with Gasteiger partial charge < -0.3 is 14.8 Å². The Kier molecular flexibility index (Phi) is 5.41. The number of aryl methyl sites for hydroxylation is 1. The first-order chi connectivity index (χ1) is 14.5. The normalized spacial score (nSPS) is 15.4. The number of nitrogens with one attached hydrogen (secondary N) is 1. The molecule has 0 fully saturated rings. The average molecular weight is 423 g/mol. The number of para-hydroxylation sites is 2. The number of hydrogen-bond acceptors (Lipinski definition) is 6. The number of thiazole rings is 1. The minimum Gasteiger partial charge on any atom is -0.495 e. The molecule has 154 valence electrons. The molecule has 1 aromatic heterocycles. The molecule has 1 unspecified atom stereocenters. The van der Waals surface area contributed by atoms with Gasteiger partial charge in [0.25, 0.3) is 5.91 Å². The summed E-state index contributed by atoms with van der Waals surface area (Å²) >= 11 is 1.55. The number of carbonyl (C=O) groups is 2. The van der Waals surface area contributed by atoms with Gasteiger partial charge in [-0.2, -0.15) is 0 Å². The average Bonchev–Trinajstić information content (AvgIpc) is 3.18.